The molecule has 9 nitrogen and oxygen atoms in total. The van der Waals surface area contributed by atoms with Crippen LogP contribution in [0.15, 0.2) is 53.4 Å². The van der Waals surface area contributed by atoms with Crippen molar-refractivity contribution in [1.82, 2.24) is 10.0 Å². The average molecular weight is 433 g/mol. The van der Waals surface area contributed by atoms with E-state index in [1.807, 2.05) is 0 Å². The third-order valence-electron chi connectivity index (χ3n) is 4.60. The molecule has 0 radical (unpaired) electrons. The Balaban J connectivity index is 1.58. The molecule has 0 saturated carbocycles. The molecule has 10 heteroatoms. The smallest absolute Gasteiger partial charge is 0.316 e. The number of benzene rings is 2. The van der Waals surface area contributed by atoms with Gasteiger partial charge in [-0.25, -0.2) is 17.9 Å². The fourth-order valence-electron chi connectivity index (χ4n) is 3.06. The summed E-state index contributed by atoms with van der Waals surface area (Å²) in [5.41, 5.74) is 6.52. The van der Waals surface area contributed by atoms with Crippen molar-refractivity contribution in [2.45, 2.75) is 30.4 Å². The number of hydrogen-bond donors (Lipinski definition) is 4. The predicted octanol–water partition coefficient (Wildman–Crippen LogP) is 1.56. The zero-order valence-electron chi connectivity index (χ0n) is 16.3. The van der Waals surface area contributed by atoms with E-state index in [4.69, 9.17) is 10.5 Å². The summed E-state index contributed by atoms with van der Waals surface area (Å²) in [6.07, 6.45) is 1.98. The van der Waals surface area contributed by atoms with E-state index >= 15 is 0 Å². The first kappa shape index (κ1) is 21.8. The Kier molecular flexibility index (Phi) is 7.03. The summed E-state index contributed by atoms with van der Waals surface area (Å²) in [5.74, 6) is -0.229. The van der Waals surface area contributed by atoms with Crippen molar-refractivity contribution in [1.29, 1.82) is 0 Å². The van der Waals surface area contributed by atoms with Gasteiger partial charge in [0, 0.05) is 30.9 Å². The highest BCUT2D eigenvalue weighted by atomic mass is 32.2. The number of carbonyl (C=O) groups is 2. The van der Waals surface area contributed by atoms with Crippen molar-refractivity contribution < 1.29 is 22.7 Å². The number of amides is 3. The van der Waals surface area contributed by atoms with E-state index in [2.05, 4.69) is 15.4 Å². The molecule has 1 atom stereocenters. The van der Waals surface area contributed by atoms with E-state index in [-0.39, 0.29) is 23.5 Å². The van der Waals surface area contributed by atoms with Crippen molar-refractivity contribution in [3.05, 3.63) is 59.7 Å². The second-order valence-corrected chi connectivity index (χ2v) is 8.65. The Bertz CT molecular complexity index is 1000. The average Bonchev–Trinajstić information content (AvgIpc) is 3.24. The summed E-state index contributed by atoms with van der Waals surface area (Å²) in [7, 11) is -3.77. The number of nitrogens with one attached hydrogen (secondary N) is 3. The predicted molar refractivity (Wildman–Crippen MR) is 111 cm³/mol. The Morgan fingerprint density at radius 2 is 1.90 bits per heavy atom. The zero-order valence-corrected chi connectivity index (χ0v) is 17.1. The van der Waals surface area contributed by atoms with Crippen LogP contribution in [0.5, 0.6) is 0 Å². The van der Waals surface area contributed by atoms with Gasteiger partial charge in [0.25, 0.3) is 5.91 Å². The van der Waals surface area contributed by atoms with Gasteiger partial charge in [-0.05, 0) is 54.8 Å². The lowest BCUT2D eigenvalue weighted by Gasteiger charge is -2.12. The fourth-order valence-corrected chi connectivity index (χ4v) is 4.08. The second kappa shape index (κ2) is 9.70. The number of primary amides is 1. The standard InChI is InChI=1S/C20H24N4O5S/c21-20(26)24-16-6-8-18(9-7-16)30(27,28)23-12-14-3-1-4-15(11-14)19(25)22-13-17-5-2-10-29-17/h1,3-4,6-9,11,17,23H,2,5,10,12-13H2,(H,22,25)(H3,21,24,26)/t17-/m0/s1. The molecule has 1 saturated heterocycles. The van der Waals surface area contributed by atoms with Crippen LogP contribution in [-0.2, 0) is 21.3 Å². The molecule has 0 aromatic heterocycles. The van der Waals surface area contributed by atoms with E-state index in [1.54, 1.807) is 24.3 Å². The van der Waals surface area contributed by atoms with Gasteiger partial charge < -0.3 is 21.1 Å². The van der Waals surface area contributed by atoms with Crippen LogP contribution in [0, 0.1) is 0 Å². The van der Waals surface area contributed by atoms with Crippen LogP contribution in [0.4, 0.5) is 10.5 Å². The summed E-state index contributed by atoms with van der Waals surface area (Å²) >= 11 is 0. The van der Waals surface area contributed by atoms with E-state index in [9.17, 15) is 18.0 Å². The molecule has 1 aliphatic heterocycles. The highest BCUT2D eigenvalue weighted by Gasteiger charge is 2.17. The van der Waals surface area contributed by atoms with Gasteiger partial charge in [-0.2, -0.15) is 0 Å². The molecule has 0 aliphatic carbocycles. The molecule has 3 rings (SSSR count). The molecule has 160 valence electrons. The molecule has 30 heavy (non-hydrogen) atoms. The van der Waals surface area contributed by atoms with Crippen LogP contribution in [0.1, 0.15) is 28.8 Å². The molecule has 0 unspecified atom stereocenters. The second-order valence-electron chi connectivity index (χ2n) is 6.88. The first-order valence-electron chi connectivity index (χ1n) is 9.48. The Morgan fingerprint density at radius 3 is 2.57 bits per heavy atom. The largest absolute Gasteiger partial charge is 0.376 e. The zero-order chi connectivity index (χ0) is 21.6. The first-order valence-corrected chi connectivity index (χ1v) is 11.0. The lowest BCUT2D eigenvalue weighted by molar-refractivity contribution is 0.0857. The molecule has 2 aromatic carbocycles. The number of ether oxygens (including phenoxy) is 1. The molecule has 1 fully saturated rings. The molecule has 0 spiro atoms. The van der Waals surface area contributed by atoms with Crippen molar-refractivity contribution in [2.75, 3.05) is 18.5 Å². The minimum absolute atomic E-state index is 0.0243. The van der Waals surface area contributed by atoms with Gasteiger partial charge in [-0.15, -0.1) is 0 Å². The number of urea groups is 1. The SMILES string of the molecule is NC(=O)Nc1ccc(S(=O)(=O)NCc2cccc(C(=O)NC[C@@H]3CCCO3)c2)cc1. The normalized spacial score (nSPS) is 16.2. The van der Waals surface area contributed by atoms with Crippen LogP contribution < -0.4 is 21.1 Å². The summed E-state index contributed by atoms with van der Waals surface area (Å²) in [5, 5.41) is 5.21. The molecule has 3 amide bonds. The monoisotopic (exact) mass is 432 g/mol. The molecular formula is C20H24N4O5S. The van der Waals surface area contributed by atoms with E-state index in [1.165, 1.54) is 24.3 Å². The first-order chi connectivity index (χ1) is 14.3. The van der Waals surface area contributed by atoms with Gasteiger partial charge in [-0.1, -0.05) is 12.1 Å². The maximum Gasteiger partial charge on any atom is 0.316 e. The summed E-state index contributed by atoms with van der Waals surface area (Å²) in [4.78, 5) is 23.2. The number of sulfonamides is 1. The van der Waals surface area contributed by atoms with E-state index in [0.29, 0.717) is 23.4 Å². The molecule has 5 N–H and O–H groups in total. The number of carbonyl (C=O) groups excluding carboxylic acids is 2. The van der Waals surface area contributed by atoms with Gasteiger partial charge in [0.1, 0.15) is 0 Å². The Hall–Kier alpha value is -2.95. The number of hydrogen-bond acceptors (Lipinski definition) is 5. The Morgan fingerprint density at radius 1 is 1.13 bits per heavy atom. The number of nitrogens with two attached hydrogens (primary N) is 1. The molecular weight excluding hydrogens is 408 g/mol. The van der Waals surface area contributed by atoms with Crippen LogP contribution in [0.2, 0.25) is 0 Å². The minimum Gasteiger partial charge on any atom is -0.376 e. The molecule has 1 aliphatic rings. The topological polar surface area (TPSA) is 140 Å². The maximum atomic E-state index is 12.5. The van der Waals surface area contributed by atoms with Crippen molar-refractivity contribution in [2.24, 2.45) is 5.73 Å². The van der Waals surface area contributed by atoms with E-state index in [0.717, 1.165) is 19.4 Å². The third kappa shape index (κ3) is 6.02. The van der Waals surface area contributed by atoms with Crippen LogP contribution in [0.25, 0.3) is 0 Å². The van der Waals surface area contributed by atoms with Gasteiger partial charge in [0.15, 0.2) is 0 Å². The maximum absolute atomic E-state index is 12.5. The lowest BCUT2D eigenvalue weighted by Crippen LogP contribution is -2.31. The summed E-state index contributed by atoms with van der Waals surface area (Å²) in [6, 6.07) is 11.6. The van der Waals surface area contributed by atoms with Crippen LogP contribution in [-0.4, -0.2) is 39.6 Å². The quantitative estimate of drug-likeness (QED) is 0.501. The van der Waals surface area contributed by atoms with Crippen LogP contribution in [0.3, 0.4) is 0 Å². The fraction of sp³-hybridized carbons (Fsp3) is 0.300. The Labute approximate surface area is 175 Å². The van der Waals surface area contributed by atoms with Crippen molar-refractivity contribution in [3.8, 4) is 0 Å². The number of anilines is 1. The van der Waals surface area contributed by atoms with Gasteiger partial charge in [0.2, 0.25) is 10.0 Å². The third-order valence-corrected chi connectivity index (χ3v) is 6.02. The van der Waals surface area contributed by atoms with Gasteiger partial charge >= 0.3 is 6.03 Å². The molecule has 1 heterocycles. The number of rotatable bonds is 8. The van der Waals surface area contributed by atoms with Crippen LogP contribution >= 0.6 is 0 Å². The van der Waals surface area contributed by atoms with Crippen molar-refractivity contribution >= 4 is 27.6 Å². The minimum atomic E-state index is -3.77. The highest BCUT2D eigenvalue weighted by Crippen LogP contribution is 2.15. The van der Waals surface area contributed by atoms with Crippen molar-refractivity contribution in [3.63, 3.8) is 0 Å². The highest BCUT2D eigenvalue weighted by molar-refractivity contribution is 7.89. The molecule has 2 aromatic rings. The van der Waals surface area contributed by atoms with Gasteiger partial charge in [-0.3, -0.25) is 4.79 Å². The molecule has 0 bridgehead atoms. The van der Waals surface area contributed by atoms with E-state index < -0.39 is 16.1 Å². The summed E-state index contributed by atoms with van der Waals surface area (Å²) in [6.45, 7) is 1.20. The van der Waals surface area contributed by atoms with Gasteiger partial charge in [0.05, 0.1) is 11.0 Å². The summed E-state index contributed by atoms with van der Waals surface area (Å²) < 4.78 is 33.0. The lowest BCUT2D eigenvalue weighted by atomic mass is 10.1.